The minimum Gasteiger partial charge on any atom is -0.516 e. The Morgan fingerprint density at radius 2 is 1.35 bits per heavy atom. The second kappa shape index (κ2) is 6.93. The first-order chi connectivity index (χ1) is 9.54. The fourth-order valence-electron chi connectivity index (χ4n) is 4.14. The van der Waals surface area contributed by atoms with E-state index >= 15 is 0 Å². The van der Waals surface area contributed by atoms with E-state index in [1.807, 2.05) is 0 Å². The van der Waals surface area contributed by atoms with E-state index in [-0.39, 0.29) is 5.97 Å². The predicted molar refractivity (Wildman–Crippen MR) is 86.2 cm³/mol. The van der Waals surface area contributed by atoms with Gasteiger partial charge in [-0.05, 0) is 50.2 Å². The van der Waals surface area contributed by atoms with Crippen LogP contribution >= 0.6 is 0 Å². The Balaban J connectivity index is 2.16. The van der Waals surface area contributed by atoms with Crippen molar-refractivity contribution in [3.05, 3.63) is 12.2 Å². The summed E-state index contributed by atoms with van der Waals surface area (Å²) in [5.74, 6) is -0.129. The van der Waals surface area contributed by atoms with Crippen LogP contribution in [0.25, 0.3) is 0 Å². The lowest BCUT2D eigenvalue weighted by Crippen LogP contribution is -2.48. The minimum absolute atomic E-state index is 0.129. The van der Waals surface area contributed by atoms with Crippen molar-refractivity contribution in [3.8, 4) is 0 Å². The van der Waals surface area contributed by atoms with E-state index in [0.29, 0.717) is 16.7 Å². The predicted octanol–water partition coefficient (Wildman–Crippen LogP) is 5.35. The lowest BCUT2D eigenvalue weighted by Gasteiger charge is -2.43. The van der Waals surface area contributed by atoms with Gasteiger partial charge in [0.05, 0.1) is 0 Å². The fraction of sp³-hybridized carbons (Fsp3) is 0.824. The summed E-state index contributed by atoms with van der Waals surface area (Å²) in [5, 5.41) is 0. The molecule has 20 heavy (non-hydrogen) atoms. The average Bonchev–Trinajstić information content (AvgIpc) is 2.48. The van der Waals surface area contributed by atoms with E-state index in [1.165, 1.54) is 64.2 Å². The van der Waals surface area contributed by atoms with E-state index < -0.39 is 8.32 Å². The molecule has 0 N–H and O–H groups in total. The van der Waals surface area contributed by atoms with Gasteiger partial charge < -0.3 is 4.43 Å². The molecule has 2 fully saturated rings. The van der Waals surface area contributed by atoms with Gasteiger partial charge in [0.25, 0.3) is 8.32 Å². The largest absolute Gasteiger partial charge is 0.516 e. The van der Waals surface area contributed by atoms with Gasteiger partial charge in [-0.1, -0.05) is 45.1 Å². The molecule has 0 radical (unpaired) electrons. The zero-order valence-corrected chi connectivity index (χ0v) is 14.2. The van der Waals surface area contributed by atoms with E-state index in [9.17, 15) is 4.79 Å². The first-order valence-electron chi connectivity index (χ1n) is 8.43. The Labute approximate surface area is 125 Å². The molecule has 0 unspecified atom stereocenters. The van der Waals surface area contributed by atoms with Crippen molar-refractivity contribution in [2.75, 3.05) is 0 Å². The molecule has 2 saturated carbocycles. The molecule has 114 valence electrons. The van der Waals surface area contributed by atoms with E-state index in [4.69, 9.17) is 4.43 Å². The third-order valence-corrected chi connectivity index (χ3v) is 10.5. The van der Waals surface area contributed by atoms with E-state index in [2.05, 4.69) is 13.1 Å². The number of hydrogen-bond donors (Lipinski definition) is 0. The van der Waals surface area contributed by atoms with Crippen LogP contribution in [0.5, 0.6) is 0 Å². The second-order valence-electron chi connectivity index (χ2n) is 7.02. The van der Waals surface area contributed by atoms with Crippen LogP contribution in [-0.2, 0) is 9.22 Å². The first-order valence-corrected chi connectivity index (χ1v) is 11.0. The summed E-state index contributed by atoms with van der Waals surface area (Å²) >= 11 is 0. The monoisotopic (exact) mass is 294 g/mol. The van der Waals surface area contributed by atoms with Crippen molar-refractivity contribution in [1.29, 1.82) is 0 Å². The maximum atomic E-state index is 12.2. The highest BCUT2D eigenvalue weighted by Crippen LogP contribution is 2.48. The Bertz CT molecular complexity index is 334. The average molecular weight is 295 g/mol. The molecule has 0 aromatic rings. The van der Waals surface area contributed by atoms with Crippen molar-refractivity contribution < 1.29 is 9.22 Å². The molecule has 0 spiro atoms. The third-order valence-electron chi connectivity index (χ3n) is 5.49. The van der Waals surface area contributed by atoms with E-state index in [1.54, 1.807) is 6.92 Å². The Morgan fingerprint density at radius 1 is 0.950 bits per heavy atom. The van der Waals surface area contributed by atoms with Crippen LogP contribution in [0, 0.1) is 0 Å². The highest BCUT2D eigenvalue weighted by molar-refractivity contribution is 6.77. The molecule has 0 aromatic carbocycles. The zero-order chi connectivity index (χ0) is 14.6. The maximum Gasteiger partial charge on any atom is 0.319 e. The molecule has 0 saturated heterocycles. The quantitative estimate of drug-likeness (QED) is 0.516. The molecule has 2 nitrogen and oxygen atoms in total. The summed E-state index contributed by atoms with van der Waals surface area (Å²) in [6.45, 7) is 7.90. The van der Waals surface area contributed by atoms with Gasteiger partial charge >= 0.3 is 5.97 Å². The second-order valence-corrected chi connectivity index (χ2v) is 11.2. The normalized spacial score (nSPS) is 22.5. The molecule has 0 heterocycles. The topological polar surface area (TPSA) is 26.3 Å². The zero-order valence-electron chi connectivity index (χ0n) is 13.2. The van der Waals surface area contributed by atoms with Gasteiger partial charge in [0.2, 0.25) is 0 Å². The van der Waals surface area contributed by atoms with Crippen LogP contribution in [-0.4, -0.2) is 14.3 Å². The molecule has 0 atom stereocenters. The van der Waals surface area contributed by atoms with Gasteiger partial charge in [-0.2, -0.15) is 0 Å². The molecule has 0 aliphatic heterocycles. The van der Waals surface area contributed by atoms with Crippen molar-refractivity contribution >= 4 is 14.3 Å². The van der Waals surface area contributed by atoms with Crippen LogP contribution < -0.4 is 0 Å². The Hall–Kier alpha value is -0.573. The summed E-state index contributed by atoms with van der Waals surface area (Å²) < 4.78 is 6.18. The summed E-state index contributed by atoms with van der Waals surface area (Å²) in [4.78, 5) is 12.2. The minimum atomic E-state index is -1.98. The van der Waals surface area contributed by atoms with Crippen LogP contribution in [0.15, 0.2) is 12.2 Å². The van der Waals surface area contributed by atoms with Crippen LogP contribution in [0.1, 0.15) is 71.1 Å². The van der Waals surface area contributed by atoms with Gasteiger partial charge in [0.1, 0.15) is 0 Å². The van der Waals surface area contributed by atoms with Gasteiger partial charge in [-0.3, -0.25) is 0 Å². The van der Waals surface area contributed by atoms with Crippen molar-refractivity contribution in [1.82, 2.24) is 0 Å². The smallest absolute Gasteiger partial charge is 0.319 e. The van der Waals surface area contributed by atoms with Crippen LogP contribution in [0.3, 0.4) is 0 Å². The molecular formula is C17H30O2Si. The highest BCUT2D eigenvalue weighted by Gasteiger charge is 2.48. The van der Waals surface area contributed by atoms with Gasteiger partial charge in [0, 0.05) is 5.57 Å². The number of carbonyl (C=O) groups excluding carboxylic acids is 1. The molecule has 0 amide bonds. The van der Waals surface area contributed by atoms with Gasteiger partial charge in [0.15, 0.2) is 0 Å². The van der Waals surface area contributed by atoms with Crippen LogP contribution in [0.4, 0.5) is 0 Å². The molecule has 0 aromatic heterocycles. The number of hydrogen-bond acceptors (Lipinski definition) is 2. The molecule has 2 aliphatic carbocycles. The summed E-state index contributed by atoms with van der Waals surface area (Å²) in [6, 6.07) is 0. The summed E-state index contributed by atoms with van der Waals surface area (Å²) in [6.07, 6.45) is 13.1. The maximum absolute atomic E-state index is 12.2. The fourth-order valence-corrected chi connectivity index (χ4v) is 8.82. The van der Waals surface area contributed by atoms with Gasteiger partial charge in [-0.15, -0.1) is 0 Å². The lowest BCUT2D eigenvalue weighted by atomic mass is 9.99. The molecule has 2 aliphatic rings. The summed E-state index contributed by atoms with van der Waals surface area (Å²) in [7, 11) is -1.98. The first kappa shape index (κ1) is 15.8. The van der Waals surface area contributed by atoms with Crippen molar-refractivity contribution in [2.24, 2.45) is 0 Å². The molecule has 3 heteroatoms. The third kappa shape index (κ3) is 3.54. The Morgan fingerprint density at radius 3 is 1.70 bits per heavy atom. The molecule has 2 rings (SSSR count). The Kier molecular flexibility index (Phi) is 5.47. The molecule has 0 bridgehead atoms. The highest BCUT2D eigenvalue weighted by atomic mass is 28.4. The van der Waals surface area contributed by atoms with Gasteiger partial charge in [-0.25, -0.2) is 4.79 Å². The van der Waals surface area contributed by atoms with Crippen LogP contribution in [0.2, 0.25) is 17.6 Å². The SMILES string of the molecule is C=C(C)C(=O)O[Si](C)(C1CCCCC1)C1CCCCC1. The van der Waals surface area contributed by atoms with Crippen molar-refractivity contribution in [3.63, 3.8) is 0 Å². The summed E-state index contributed by atoms with van der Waals surface area (Å²) in [5.41, 5.74) is 1.93. The number of rotatable bonds is 4. The number of carbonyl (C=O) groups is 1. The van der Waals surface area contributed by atoms with E-state index in [0.717, 1.165) is 0 Å². The standard InChI is InChI=1S/C17H30O2Si/c1-14(2)17(18)19-20(3,15-10-6-4-7-11-15)16-12-8-5-9-13-16/h15-16H,1,4-13H2,2-3H3. The van der Waals surface area contributed by atoms with Crippen molar-refractivity contribution in [2.45, 2.75) is 88.8 Å². The molecular weight excluding hydrogens is 264 g/mol. The lowest BCUT2D eigenvalue weighted by molar-refractivity contribution is -0.131.